The van der Waals surface area contributed by atoms with Crippen molar-refractivity contribution in [2.75, 3.05) is 43.6 Å². The molecule has 1 aromatic carbocycles. The lowest BCUT2D eigenvalue weighted by Crippen LogP contribution is -2.37. The number of anilines is 3. The number of hydrogen-bond donors (Lipinski definition) is 4. The number of carbonyl (C=O) groups excluding carboxylic acids is 1. The third-order valence-electron chi connectivity index (χ3n) is 6.22. The zero-order valence-corrected chi connectivity index (χ0v) is 22.4. The minimum atomic E-state index is -4.49. The molecule has 1 saturated heterocycles. The van der Waals surface area contributed by atoms with Crippen molar-refractivity contribution in [3.63, 3.8) is 0 Å². The Bertz CT molecular complexity index is 1410. The molecule has 0 atom stereocenters. The lowest BCUT2D eigenvalue weighted by molar-refractivity contribution is -0.141. The second kappa shape index (κ2) is 13.5. The van der Waals surface area contributed by atoms with Gasteiger partial charge in [0.15, 0.2) is 6.29 Å². The number of nitrogens with two attached hydrogens (primary N) is 1. The third kappa shape index (κ3) is 8.25. The monoisotopic (exact) mass is 552 g/mol. The molecule has 0 saturated carbocycles. The van der Waals surface area contributed by atoms with Crippen LogP contribution in [0.4, 0.5) is 30.5 Å². The van der Waals surface area contributed by atoms with Gasteiger partial charge in [-0.05, 0) is 75.7 Å². The maximum atomic E-state index is 11.9. The Labute approximate surface area is 230 Å². The Balaban J connectivity index is 0.000000307. The van der Waals surface area contributed by atoms with Crippen LogP contribution in [0.5, 0.6) is 0 Å². The number of nitrogens with one attached hydrogen (secondary N) is 3. The number of rotatable bonds is 5. The Morgan fingerprint density at radius 3 is 2.58 bits per heavy atom. The number of likely N-dealkylation sites (tertiary alicyclic amines) is 1. The first-order valence-electron chi connectivity index (χ1n) is 12.5. The Hall–Kier alpha value is -4.50. The minimum absolute atomic E-state index is 0.114. The molecule has 40 heavy (non-hydrogen) atoms. The van der Waals surface area contributed by atoms with Crippen LogP contribution in [0.3, 0.4) is 0 Å². The first-order valence-corrected chi connectivity index (χ1v) is 12.5. The van der Waals surface area contributed by atoms with Crippen molar-refractivity contribution in [3.8, 4) is 11.8 Å². The fraction of sp³-hybridized carbons (Fsp3) is 0.321. The fourth-order valence-corrected chi connectivity index (χ4v) is 3.88. The fourth-order valence-electron chi connectivity index (χ4n) is 3.88. The number of pyridine rings is 1. The van der Waals surface area contributed by atoms with Gasteiger partial charge in [0.2, 0.25) is 0 Å². The predicted molar refractivity (Wildman–Crippen MR) is 150 cm³/mol. The number of hydrogen-bond acceptors (Lipinski definition) is 9. The van der Waals surface area contributed by atoms with Crippen molar-refractivity contribution in [3.05, 3.63) is 70.8 Å². The van der Waals surface area contributed by atoms with Crippen LogP contribution in [0.25, 0.3) is 0 Å². The highest BCUT2D eigenvalue weighted by molar-refractivity contribution is 6.16. The average molecular weight is 553 g/mol. The van der Waals surface area contributed by atoms with Crippen LogP contribution >= 0.6 is 0 Å². The van der Waals surface area contributed by atoms with Crippen molar-refractivity contribution in [1.29, 1.82) is 5.41 Å². The summed E-state index contributed by atoms with van der Waals surface area (Å²) in [4.78, 5) is 23.8. The van der Waals surface area contributed by atoms with Gasteiger partial charge in [0.1, 0.15) is 35.1 Å². The predicted octanol–water partition coefficient (Wildman–Crippen LogP) is 4.25. The first kappa shape index (κ1) is 30.0. The summed E-state index contributed by atoms with van der Waals surface area (Å²) in [6.07, 6.45) is -0.741. The van der Waals surface area contributed by atoms with Crippen LogP contribution < -0.4 is 16.4 Å². The number of nitrogens with zero attached hydrogens (tertiary/aromatic N) is 4. The lowest BCUT2D eigenvalue weighted by Gasteiger charge is -2.30. The molecule has 1 aliphatic heterocycles. The summed E-state index contributed by atoms with van der Waals surface area (Å²) in [6, 6.07) is 9.44. The van der Waals surface area contributed by atoms with E-state index in [2.05, 4.69) is 49.4 Å². The summed E-state index contributed by atoms with van der Waals surface area (Å²) in [5, 5.41) is 15.0. The van der Waals surface area contributed by atoms with E-state index in [-0.39, 0.29) is 23.5 Å². The molecule has 0 amide bonds. The number of benzene rings is 1. The molecule has 210 valence electrons. The molecular formula is C28H31F3N8O. The van der Waals surface area contributed by atoms with E-state index in [1.807, 2.05) is 32.2 Å². The van der Waals surface area contributed by atoms with Gasteiger partial charge in [0.05, 0.1) is 5.56 Å². The molecule has 0 unspecified atom stereocenters. The number of halogens is 3. The molecule has 12 heteroatoms. The van der Waals surface area contributed by atoms with E-state index in [9.17, 15) is 18.0 Å². The van der Waals surface area contributed by atoms with Crippen LogP contribution in [0.1, 0.15) is 45.7 Å². The van der Waals surface area contributed by atoms with Gasteiger partial charge < -0.3 is 21.3 Å². The Morgan fingerprint density at radius 2 is 1.93 bits per heavy atom. The summed E-state index contributed by atoms with van der Waals surface area (Å²) >= 11 is 0. The van der Waals surface area contributed by atoms with E-state index in [4.69, 9.17) is 11.1 Å². The lowest BCUT2D eigenvalue weighted by atomic mass is 10.0. The van der Waals surface area contributed by atoms with Gasteiger partial charge in [-0.3, -0.25) is 10.2 Å². The Kier molecular flexibility index (Phi) is 10.2. The number of aldehydes is 1. The van der Waals surface area contributed by atoms with Crippen molar-refractivity contribution in [2.24, 2.45) is 0 Å². The van der Waals surface area contributed by atoms with Gasteiger partial charge in [0, 0.05) is 24.3 Å². The third-order valence-corrected chi connectivity index (χ3v) is 6.22. The van der Waals surface area contributed by atoms with Crippen molar-refractivity contribution < 1.29 is 18.0 Å². The summed E-state index contributed by atoms with van der Waals surface area (Å²) < 4.78 is 35.8. The van der Waals surface area contributed by atoms with Gasteiger partial charge in [-0.25, -0.2) is 15.0 Å². The molecule has 0 aliphatic carbocycles. The second-order valence-corrected chi connectivity index (χ2v) is 9.17. The first-order chi connectivity index (χ1) is 19.0. The molecule has 2 aromatic heterocycles. The molecule has 9 nitrogen and oxygen atoms in total. The molecule has 3 aromatic rings. The molecular weight excluding hydrogens is 521 g/mol. The van der Waals surface area contributed by atoms with Gasteiger partial charge in [0.25, 0.3) is 0 Å². The summed E-state index contributed by atoms with van der Waals surface area (Å²) in [6.45, 7) is 4.07. The Morgan fingerprint density at radius 1 is 1.20 bits per heavy atom. The molecule has 0 bridgehead atoms. The molecule has 0 spiro atoms. The smallest absolute Gasteiger partial charge is 0.388 e. The number of alkyl halides is 3. The number of aryl methyl sites for hydroxylation is 1. The van der Waals surface area contributed by atoms with Crippen LogP contribution in [0.2, 0.25) is 0 Å². The van der Waals surface area contributed by atoms with Gasteiger partial charge in [-0.1, -0.05) is 18.1 Å². The van der Waals surface area contributed by atoms with Crippen molar-refractivity contribution in [2.45, 2.75) is 32.0 Å². The van der Waals surface area contributed by atoms with E-state index >= 15 is 0 Å². The maximum absolute atomic E-state index is 11.9. The van der Waals surface area contributed by atoms with Gasteiger partial charge >= 0.3 is 6.18 Å². The zero-order valence-electron chi connectivity index (χ0n) is 22.4. The largest absolute Gasteiger partial charge is 0.433 e. The molecule has 0 radical (unpaired) electrons. The van der Waals surface area contributed by atoms with Crippen LogP contribution in [-0.2, 0) is 6.18 Å². The zero-order chi connectivity index (χ0) is 29.3. The molecule has 1 fully saturated rings. The summed E-state index contributed by atoms with van der Waals surface area (Å²) in [5.74, 6) is 6.87. The number of nitrogen functional groups attached to an aromatic ring is 1. The van der Waals surface area contributed by atoms with E-state index in [1.54, 1.807) is 0 Å². The van der Waals surface area contributed by atoms with Crippen LogP contribution in [0.15, 0.2) is 42.7 Å². The van der Waals surface area contributed by atoms with Crippen molar-refractivity contribution in [1.82, 2.24) is 19.9 Å². The second-order valence-electron chi connectivity index (χ2n) is 9.17. The normalized spacial score (nSPS) is 13.8. The van der Waals surface area contributed by atoms with E-state index in [0.717, 1.165) is 54.9 Å². The van der Waals surface area contributed by atoms with E-state index in [1.165, 1.54) is 12.4 Å². The average Bonchev–Trinajstić information content (AvgIpc) is 2.93. The molecule has 5 N–H and O–H groups in total. The van der Waals surface area contributed by atoms with Gasteiger partial charge in [-0.15, -0.1) is 0 Å². The highest BCUT2D eigenvalue weighted by Crippen LogP contribution is 2.27. The summed E-state index contributed by atoms with van der Waals surface area (Å²) in [5.41, 5.74) is 8.30. The maximum Gasteiger partial charge on any atom is 0.433 e. The minimum Gasteiger partial charge on any atom is -0.388 e. The van der Waals surface area contributed by atoms with Crippen molar-refractivity contribution >= 4 is 29.3 Å². The SMILES string of the molecule is CNc1ccc(C)c(C#CC(=N)c2c(N)ncnc2NC2CCN(C)CC2)c1.O=Cc1cccc(C(F)(F)F)n1. The van der Waals surface area contributed by atoms with Crippen LogP contribution in [0, 0.1) is 24.2 Å². The highest BCUT2D eigenvalue weighted by Gasteiger charge is 2.32. The van der Waals surface area contributed by atoms with E-state index < -0.39 is 11.9 Å². The standard InChI is InChI=1S/C21H27N7.C7H4F3NO/c1-14-4-6-17(24-2)12-15(14)5-7-18(22)19-20(23)25-13-26-21(19)27-16-8-10-28(3)11-9-16;8-7(9,10)6-3-1-2-5(4-12)11-6/h4,6,12-13,16,22,24H,8-11H2,1-3H3,(H3,23,25,26,27);1-4H. The number of carbonyl (C=O) groups is 1. The topological polar surface area (TPSA) is 133 Å². The summed E-state index contributed by atoms with van der Waals surface area (Å²) in [7, 11) is 3.99. The molecule has 1 aliphatic rings. The number of piperidine rings is 1. The molecule has 4 rings (SSSR count). The van der Waals surface area contributed by atoms with Crippen LogP contribution in [-0.4, -0.2) is 65.1 Å². The molecule has 3 heterocycles. The van der Waals surface area contributed by atoms with E-state index in [0.29, 0.717) is 17.4 Å². The van der Waals surface area contributed by atoms with Gasteiger partial charge in [-0.2, -0.15) is 13.2 Å². The highest BCUT2D eigenvalue weighted by atomic mass is 19.4. The quantitative estimate of drug-likeness (QED) is 0.210. The number of aromatic nitrogens is 3.